The Kier molecular flexibility index (Phi) is 2.07. The summed E-state index contributed by atoms with van der Waals surface area (Å²) < 4.78 is 0. The van der Waals surface area contributed by atoms with E-state index in [1.807, 2.05) is 30.3 Å². The lowest BCUT2D eigenvalue weighted by Crippen LogP contribution is -2.26. The predicted molar refractivity (Wildman–Crippen MR) is 57.4 cm³/mol. The van der Waals surface area contributed by atoms with Crippen molar-refractivity contribution in [1.29, 1.82) is 0 Å². The third-order valence-corrected chi connectivity index (χ3v) is 2.27. The van der Waals surface area contributed by atoms with Crippen LogP contribution in [0.5, 0.6) is 0 Å². The smallest absolute Gasteiger partial charge is 0.321 e. The molecular formula is C11H11BO. The lowest BCUT2D eigenvalue weighted by molar-refractivity contribution is 0.594. The van der Waals surface area contributed by atoms with Gasteiger partial charge in [0.1, 0.15) is 0 Å². The molecule has 2 rings (SSSR count). The first-order chi connectivity index (χ1) is 6.29. The van der Waals surface area contributed by atoms with Gasteiger partial charge in [0.2, 0.25) is 0 Å². The van der Waals surface area contributed by atoms with Crippen molar-refractivity contribution in [2.75, 3.05) is 0 Å². The van der Waals surface area contributed by atoms with Crippen LogP contribution >= 0.6 is 0 Å². The summed E-state index contributed by atoms with van der Waals surface area (Å²) >= 11 is 0. The van der Waals surface area contributed by atoms with E-state index in [1.54, 1.807) is 6.82 Å². The largest absolute Gasteiger partial charge is 0.446 e. The van der Waals surface area contributed by atoms with Crippen LogP contribution in [0, 0.1) is 0 Å². The predicted octanol–water partition coefficient (Wildman–Crippen LogP) is 1.66. The molecule has 0 saturated heterocycles. The van der Waals surface area contributed by atoms with Gasteiger partial charge in [-0.15, -0.1) is 0 Å². The van der Waals surface area contributed by atoms with E-state index in [9.17, 15) is 5.02 Å². The SMILES string of the molecule is CB(O)c1cccc2ccccc12. The van der Waals surface area contributed by atoms with E-state index in [2.05, 4.69) is 12.1 Å². The van der Waals surface area contributed by atoms with E-state index < -0.39 is 6.92 Å². The number of rotatable bonds is 1. The zero-order valence-corrected chi connectivity index (χ0v) is 7.57. The molecule has 64 valence electrons. The molecule has 0 amide bonds. The number of fused-ring (bicyclic) bond motifs is 1. The second-order valence-corrected chi connectivity index (χ2v) is 3.24. The molecule has 0 heterocycles. The first-order valence-corrected chi connectivity index (χ1v) is 4.45. The second kappa shape index (κ2) is 3.23. The highest BCUT2D eigenvalue weighted by atomic mass is 16.2. The summed E-state index contributed by atoms with van der Waals surface area (Å²) in [7, 11) is 0. The second-order valence-electron chi connectivity index (χ2n) is 3.24. The lowest BCUT2D eigenvalue weighted by Gasteiger charge is -2.05. The molecular weight excluding hydrogens is 159 g/mol. The number of hydrogen-bond acceptors (Lipinski definition) is 1. The van der Waals surface area contributed by atoms with Crippen molar-refractivity contribution in [2.24, 2.45) is 0 Å². The molecule has 0 atom stereocenters. The van der Waals surface area contributed by atoms with Gasteiger partial charge in [-0.05, 0) is 16.2 Å². The van der Waals surface area contributed by atoms with E-state index >= 15 is 0 Å². The van der Waals surface area contributed by atoms with Crippen LogP contribution in [0.3, 0.4) is 0 Å². The highest BCUT2D eigenvalue weighted by Crippen LogP contribution is 2.10. The highest BCUT2D eigenvalue weighted by Gasteiger charge is 2.08. The molecule has 0 fully saturated rings. The molecule has 1 N–H and O–H groups in total. The monoisotopic (exact) mass is 170 g/mol. The molecule has 2 aromatic rings. The third kappa shape index (κ3) is 1.45. The van der Waals surface area contributed by atoms with Crippen LogP contribution in [-0.2, 0) is 0 Å². The fourth-order valence-corrected chi connectivity index (χ4v) is 1.61. The van der Waals surface area contributed by atoms with E-state index in [0.29, 0.717) is 0 Å². The van der Waals surface area contributed by atoms with Gasteiger partial charge < -0.3 is 5.02 Å². The Labute approximate surface area is 78.1 Å². The van der Waals surface area contributed by atoms with Crippen LogP contribution in [-0.4, -0.2) is 11.9 Å². The van der Waals surface area contributed by atoms with Gasteiger partial charge in [0, 0.05) is 0 Å². The average Bonchev–Trinajstić information content (AvgIpc) is 2.17. The summed E-state index contributed by atoms with van der Waals surface area (Å²) in [5, 5.41) is 11.8. The van der Waals surface area contributed by atoms with Crippen molar-refractivity contribution in [3.8, 4) is 0 Å². The van der Waals surface area contributed by atoms with Crippen molar-refractivity contribution in [3.63, 3.8) is 0 Å². The molecule has 0 aromatic heterocycles. The molecule has 0 aliphatic rings. The molecule has 0 saturated carbocycles. The quantitative estimate of drug-likeness (QED) is 0.645. The maximum Gasteiger partial charge on any atom is 0.321 e. The summed E-state index contributed by atoms with van der Waals surface area (Å²) in [6, 6.07) is 14.1. The van der Waals surface area contributed by atoms with Gasteiger partial charge in [0.15, 0.2) is 0 Å². The Morgan fingerprint density at radius 2 is 1.69 bits per heavy atom. The van der Waals surface area contributed by atoms with Gasteiger partial charge in [0.05, 0.1) is 0 Å². The Bertz CT molecular complexity index is 418. The van der Waals surface area contributed by atoms with Gasteiger partial charge in [-0.25, -0.2) is 0 Å². The molecule has 2 heteroatoms. The first kappa shape index (κ1) is 8.33. The third-order valence-electron chi connectivity index (χ3n) is 2.27. The van der Waals surface area contributed by atoms with Gasteiger partial charge in [-0.3, -0.25) is 0 Å². The minimum Gasteiger partial charge on any atom is -0.446 e. The van der Waals surface area contributed by atoms with Crippen molar-refractivity contribution in [1.82, 2.24) is 0 Å². The lowest BCUT2D eigenvalue weighted by atomic mass is 9.63. The zero-order valence-electron chi connectivity index (χ0n) is 7.57. The van der Waals surface area contributed by atoms with Crippen LogP contribution in [0.2, 0.25) is 6.82 Å². The Morgan fingerprint density at radius 3 is 2.46 bits per heavy atom. The first-order valence-electron chi connectivity index (χ1n) is 4.45. The average molecular weight is 170 g/mol. The Hall–Kier alpha value is -1.28. The van der Waals surface area contributed by atoms with Crippen LogP contribution in [0.15, 0.2) is 42.5 Å². The van der Waals surface area contributed by atoms with Crippen molar-refractivity contribution in [2.45, 2.75) is 6.82 Å². The normalized spacial score (nSPS) is 10.3. The van der Waals surface area contributed by atoms with E-state index in [1.165, 1.54) is 5.39 Å². The minimum atomic E-state index is -0.397. The summed E-state index contributed by atoms with van der Waals surface area (Å²) in [5.41, 5.74) is 0.998. The topological polar surface area (TPSA) is 20.2 Å². The number of hydrogen-bond donors (Lipinski definition) is 1. The molecule has 0 bridgehead atoms. The minimum absolute atomic E-state index is 0.397. The van der Waals surface area contributed by atoms with Gasteiger partial charge >= 0.3 is 6.92 Å². The molecule has 0 unspecified atom stereocenters. The summed E-state index contributed by atoms with van der Waals surface area (Å²) in [6.45, 7) is 1.40. The van der Waals surface area contributed by atoms with E-state index in [4.69, 9.17) is 0 Å². The van der Waals surface area contributed by atoms with Crippen LogP contribution < -0.4 is 5.46 Å². The highest BCUT2D eigenvalue weighted by molar-refractivity contribution is 6.67. The van der Waals surface area contributed by atoms with Crippen molar-refractivity contribution >= 4 is 23.2 Å². The molecule has 1 nitrogen and oxygen atoms in total. The van der Waals surface area contributed by atoms with E-state index in [0.717, 1.165) is 10.8 Å². The zero-order chi connectivity index (χ0) is 9.26. The maximum absolute atomic E-state index is 9.52. The summed E-state index contributed by atoms with van der Waals surface area (Å²) in [5.74, 6) is 0. The molecule has 0 radical (unpaired) electrons. The van der Waals surface area contributed by atoms with Crippen molar-refractivity contribution in [3.05, 3.63) is 42.5 Å². The fourth-order valence-electron chi connectivity index (χ4n) is 1.61. The summed E-state index contributed by atoms with van der Waals surface area (Å²) in [6.07, 6.45) is 0. The Balaban J connectivity index is 2.76. The molecule has 0 aliphatic carbocycles. The van der Waals surface area contributed by atoms with Crippen LogP contribution in [0.1, 0.15) is 0 Å². The molecule has 2 aromatic carbocycles. The van der Waals surface area contributed by atoms with Gasteiger partial charge in [0.25, 0.3) is 0 Å². The molecule has 0 aliphatic heterocycles. The van der Waals surface area contributed by atoms with Crippen LogP contribution in [0.25, 0.3) is 10.8 Å². The molecule has 0 spiro atoms. The standard InChI is InChI=1S/C11H11BO/c1-12(13)11-8-4-6-9-5-2-3-7-10(9)11/h2-8,13H,1H3. The fraction of sp³-hybridized carbons (Fsp3) is 0.0909. The van der Waals surface area contributed by atoms with Gasteiger partial charge in [-0.2, -0.15) is 0 Å². The van der Waals surface area contributed by atoms with E-state index in [-0.39, 0.29) is 0 Å². The maximum atomic E-state index is 9.52. The van der Waals surface area contributed by atoms with Gasteiger partial charge in [-0.1, -0.05) is 49.3 Å². The van der Waals surface area contributed by atoms with Crippen LogP contribution in [0.4, 0.5) is 0 Å². The van der Waals surface area contributed by atoms with Crippen molar-refractivity contribution < 1.29 is 5.02 Å². The Morgan fingerprint density at radius 1 is 1.00 bits per heavy atom. The summed E-state index contributed by atoms with van der Waals surface area (Å²) in [4.78, 5) is 0. The molecule has 13 heavy (non-hydrogen) atoms. The number of benzene rings is 2.